The number of hydrogen-bond acceptors (Lipinski definition) is 3. The largest absolute Gasteiger partial charge is 0.395 e. The molecule has 1 fully saturated rings. The minimum Gasteiger partial charge on any atom is -0.395 e. The normalized spacial score (nSPS) is 19.8. The Morgan fingerprint density at radius 2 is 1.67 bits per heavy atom. The molecule has 3 aromatic rings. The predicted octanol–water partition coefficient (Wildman–Crippen LogP) is 5.73. The summed E-state index contributed by atoms with van der Waals surface area (Å²) in [5, 5.41) is 11.5. The number of aliphatic hydroxyl groups is 1. The highest BCUT2D eigenvalue weighted by Crippen LogP contribution is 2.37. The maximum absolute atomic E-state index is 10.2. The number of halogens is 2. The zero-order chi connectivity index (χ0) is 21.1. The molecule has 1 saturated heterocycles. The lowest BCUT2D eigenvalue weighted by Gasteiger charge is -2.47. The van der Waals surface area contributed by atoms with Crippen molar-refractivity contribution in [3.05, 3.63) is 99.5 Å². The van der Waals surface area contributed by atoms with Crippen molar-refractivity contribution in [1.29, 1.82) is 0 Å². The predicted molar refractivity (Wildman–Crippen MR) is 125 cm³/mol. The minimum atomic E-state index is 0.0360. The van der Waals surface area contributed by atoms with Crippen LogP contribution in [-0.4, -0.2) is 35.7 Å². The minimum absolute atomic E-state index is 0.0360. The van der Waals surface area contributed by atoms with Gasteiger partial charge in [-0.05, 0) is 42.3 Å². The molecule has 3 nitrogen and oxygen atoms in total. The van der Waals surface area contributed by atoms with Crippen molar-refractivity contribution in [1.82, 2.24) is 4.90 Å². The summed E-state index contributed by atoms with van der Waals surface area (Å²) < 4.78 is 0. The van der Waals surface area contributed by atoms with Gasteiger partial charge < -0.3 is 10.0 Å². The molecule has 5 heteroatoms. The van der Waals surface area contributed by atoms with E-state index in [-0.39, 0.29) is 18.7 Å². The molecule has 0 unspecified atom stereocenters. The Morgan fingerprint density at radius 3 is 2.33 bits per heavy atom. The first-order valence-electron chi connectivity index (χ1n) is 10.2. The lowest BCUT2D eigenvalue weighted by Crippen LogP contribution is -2.55. The molecule has 30 heavy (non-hydrogen) atoms. The first-order chi connectivity index (χ1) is 14.5. The van der Waals surface area contributed by atoms with Gasteiger partial charge in [0.15, 0.2) is 0 Å². The molecule has 0 aromatic heterocycles. The van der Waals surface area contributed by atoms with Gasteiger partial charge in [-0.3, -0.25) is 4.90 Å². The van der Waals surface area contributed by atoms with Gasteiger partial charge in [-0.15, -0.1) is 0 Å². The Morgan fingerprint density at radius 1 is 0.933 bits per heavy atom. The van der Waals surface area contributed by atoms with Gasteiger partial charge in [0.25, 0.3) is 0 Å². The lowest BCUT2D eigenvalue weighted by molar-refractivity contribution is 0.0884. The molecule has 1 aliphatic heterocycles. The second-order valence-corrected chi connectivity index (χ2v) is 8.76. The summed E-state index contributed by atoms with van der Waals surface area (Å²) in [7, 11) is 0. The Bertz CT molecular complexity index is 978. The smallest absolute Gasteiger partial charge is 0.0685 e. The zero-order valence-electron chi connectivity index (χ0n) is 17.0. The Labute approximate surface area is 188 Å². The van der Waals surface area contributed by atoms with Crippen LogP contribution in [0.1, 0.15) is 22.7 Å². The van der Waals surface area contributed by atoms with E-state index in [4.69, 9.17) is 23.2 Å². The molecule has 156 valence electrons. The molecule has 0 saturated carbocycles. The molecule has 1 heterocycles. The van der Waals surface area contributed by atoms with E-state index < -0.39 is 0 Å². The maximum atomic E-state index is 10.2. The number of benzene rings is 3. The van der Waals surface area contributed by atoms with Crippen LogP contribution in [0.2, 0.25) is 10.0 Å². The summed E-state index contributed by atoms with van der Waals surface area (Å²) in [6, 6.07) is 24.8. The fraction of sp³-hybridized carbons (Fsp3) is 0.280. The molecule has 0 aliphatic carbocycles. The third-order valence-electron chi connectivity index (χ3n) is 5.83. The van der Waals surface area contributed by atoms with Gasteiger partial charge >= 0.3 is 0 Å². The van der Waals surface area contributed by atoms with E-state index in [0.717, 1.165) is 30.9 Å². The van der Waals surface area contributed by atoms with Crippen LogP contribution < -0.4 is 4.90 Å². The lowest BCUT2D eigenvalue weighted by atomic mass is 9.97. The first-order valence-corrected chi connectivity index (χ1v) is 11.0. The van der Waals surface area contributed by atoms with E-state index in [1.807, 2.05) is 24.3 Å². The Hall–Kier alpha value is -2.04. The fourth-order valence-electron chi connectivity index (χ4n) is 4.18. The van der Waals surface area contributed by atoms with Crippen molar-refractivity contribution in [2.24, 2.45) is 0 Å². The van der Waals surface area contributed by atoms with Gasteiger partial charge in [0.2, 0.25) is 0 Å². The van der Waals surface area contributed by atoms with Crippen molar-refractivity contribution in [2.75, 3.05) is 24.6 Å². The van der Waals surface area contributed by atoms with Crippen molar-refractivity contribution in [2.45, 2.75) is 25.6 Å². The summed E-state index contributed by atoms with van der Waals surface area (Å²) in [5.41, 5.74) is 4.65. The number of anilines is 1. The van der Waals surface area contributed by atoms with Crippen molar-refractivity contribution >= 4 is 28.9 Å². The van der Waals surface area contributed by atoms with Gasteiger partial charge in [0.1, 0.15) is 0 Å². The summed E-state index contributed by atoms with van der Waals surface area (Å²) in [4.78, 5) is 4.71. The third-order valence-corrected chi connectivity index (χ3v) is 6.40. The zero-order valence-corrected chi connectivity index (χ0v) is 18.5. The SMILES string of the molecule is Cc1ccc(N2C[C@H](CO)N(Cc3ccccc3)C[C@@H]2c2ccc(Cl)cc2Cl)cc1. The molecule has 0 radical (unpaired) electrons. The summed E-state index contributed by atoms with van der Waals surface area (Å²) >= 11 is 12.8. The van der Waals surface area contributed by atoms with E-state index >= 15 is 0 Å². The van der Waals surface area contributed by atoms with Crippen LogP contribution in [0.3, 0.4) is 0 Å². The first kappa shape index (κ1) is 21.2. The Kier molecular flexibility index (Phi) is 6.64. The number of aliphatic hydroxyl groups excluding tert-OH is 1. The van der Waals surface area contributed by atoms with Crippen LogP contribution in [0.15, 0.2) is 72.8 Å². The average Bonchev–Trinajstić information content (AvgIpc) is 2.75. The molecule has 3 aromatic carbocycles. The van der Waals surface area contributed by atoms with Crippen LogP contribution in [-0.2, 0) is 6.54 Å². The van der Waals surface area contributed by atoms with Crippen LogP contribution >= 0.6 is 23.2 Å². The molecule has 1 N–H and O–H groups in total. The molecule has 4 rings (SSSR count). The van der Waals surface area contributed by atoms with Crippen molar-refractivity contribution in [3.63, 3.8) is 0 Å². The molecular weight excluding hydrogens is 415 g/mol. The highest BCUT2D eigenvalue weighted by Gasteiger charge is 2.35. The van der Waals surface area contributed by atoms with E-state index in [1.54, 1.807) is 0 Å². The quantitative estimate of drug-likeness (QED) is 0.548. The maximum Gasteiger partial charge on any atom is 0.0685 e. The van der Waals surface area contributed by atoms with Gasteiger partial charge in [0, 0.05) is 35.4 Å². The number of nitrogens with zero attached hydrogens (tertiary/aromatic N) is 2. The van der Waals surface area contributed by atoms with E-state index in [9.17, 15) is 5.11 Å². The summed E-state index contributed by atoms with van der Waals surface area (Å²) in [6.07, 6.45) is 0. The van der Waals surface area contributed by atoms with Gasteiger partial charge in [-0.25, -0.2) is 0 Å². The molecule has 1 aliphatic rings. The summed E-state index contributed by atoms with van der Waals surface area (Å²) in [5.74, 6) is 0. The highest BCUT2D eigenvalue weighted by atomic mass is 35.5. The van der Waals surface area contributed by atoms with Crippen LogP contribution in [0.4, 0.5) is 5.69 Å². The molecule has 0 amide bonds. The number of hydrogen-bond donors (Lipinski definition) is 1. The number of rotatable bonds is 5. The Balaban J connectivity index is 1.71. The van der Waals surface area contributed by atoms with Crippen LogP contribution in [0.25, 0.3) is 0 Å². The topological polar surface area (TPSA) is 26.7 Å². The second-order valence-electron chi connectivity index (χ2n) is 7.92. The van der Waals surface area contributed by atoms with Crippen LogP contribution in [0, 0.1) is 6.92 Å². The van der Waals surface area contributed by atoms with Gasteiger partial charge in [-0.1, -0.05) is 77.3 Å². The van der Waals surface area contributed by atoms with E-state index in [2.05, 4.69) is 65.3 Å². The molecule has 2 atom stereocenters. The van der Waals surface area contributed by atoms with Crippen molar-refractivity contribution < 1.29 is 5.11 Å². The highest BCUT2D eigenvalue weighted by molar-refractivity contribution is 6.35. The van der Waals surface area contributed by atoms with Gasteiger partial charge in [0.05, 0.1) is 18.7 Å². The standard InChI is InChI=1S/C25H26Cl2N2O/c1-18-7-10-21(11-8-18)29-15-22(17-30)28(14-19-5-3-2-4-6-19)16-25(29)23-12-9-20(26)13-24(23)27/h2-13,22,25,30H,14-17H2,1H3/t22-,25-/m1/s1. The molecule has 0 bridgehead atoms. The average molecular weight is 441 g/mol. The number of piperazine rings is 1. The van der Waals surface area contributed by atoms with Crippen molar-refractivity contribution in [3.8, 4) is 0 Å². The monoisotopic (exact) mass is 440 g/mol. The van der Waals surface area contributed by atoms with E-state index in [0.29, 0.717) is 10.0 Å². The fourth-order valence-corrected chi connectivity index (χ4v) is 4.72. The van der Waals surface area contributed by atoms with E-state index in [1.165, 1.54) is 11.1 Å². The summed E-state index contributed by atoms with van der Waals surface area (Å²) in [6.45, 7) is 4.46. The molecule has 0 spiro atoms. The molecular formula is C25H26Cl2N2O. The third kappa shape index (κ3) is 4.65. The number of aryl methyl sites for hydroxylation is 1. The van der Waals surface area contributed by atoms with Gasteiger partial charge in [-0.2, -0.15) is 0 Å². The second kappa shape index (κ2) is 9.40. The van der Waals surface area contributed by atoms with Crippen LogP contribution in [0.5, 0.6) is 0 Å².